The molecule has 0 bridgehead atoms. The number of thioether (sulfide) groups is 1. The van der Waals surface area contributed by atoms with E-state index in [-0.39, 0.29) is 0 Å². The Kier molecular flexibility index (Phi) is 20.5. The number of hydrogen-bond acceptors (Lipinski definition) is 12. The third-order valence-electron chi connectivity index (χ3n) is 18.7. The number of rotatable bonds is 14. The maximum atomic E-state index is 12.9. The Hall–Kier alpha value is -13.8. The van der Waals surface area contributed by atoms with E-state index in [1.165, 1.54) is 16.5 Å². The summed E-state index contributed by atoms with van der Waals surface area (Å²) in [5.74, 6) is 0.849. The van der Waals surface area contributed by atoms with Crippen LogP contribution in [0.3, 0.4) is 0 Å². The number of H-pyrrole nitrogens is 6. The van der Waals surface area contributed by atoms with Crippen molar-refractivity contribution in [2.75, 3.05) is 12.9 Å². The first kappa shape index (κ1) is 71.4. The molecule has 6 N–H and O–H groups in total. The summed E-state index contributed by atoms with van der Waals surface area (Å²) < 4.78 is 71.3. The highest BCUT2D eigenvalue weighted by atomic mass is 79.9. The van der Waals surface area contributed by atoms with Gasteiger partial charge in [-0.3, -0.25) is 0 Å². The number of nitrogens with zero attached hydrogens (tertiary/aromatic N) is 5. The molecule has 111 heavy (non-hydrogen) atoms. The molecular formula is C89H65BrF3N11O6S. The van der Waals surface area contributed by atoms with Crippen LogP contribution in [0.15, 0.2) is 333 Å². The summed E-state index contributed by atoms with van der Waals surface area (Å²) >= 11 is 5.28. The number of halogens is 4. The molecule has 22 heteroatoms. The molecule has 16 heterocycles. The quantitative estimate of drug-likeness (QED) is 0.0558. The predicted molar refractivity (Wildman–Crippen MR) is 436 cm³/mol. The molecule has 0 spiro atoms. The van der Waals surface area contributed by atoms with Gasteiger partial charge in [-0.2, -0.15) is 13.2 Å². The summed E-state index contributed by atoms with van der Waals surface area (Å²) in [5, 5.41) is 5.17. The minimum absolute atomic E-state index is 0.471. The van der Waals surface area contributed by atoms with Gasteiger partial charge in [-0.05, 0) is 145 Å². The number of ether oxygens (including phenoxy) is 1. The molecular weight excluding hydrogens is 1490 g/mol. The molecule has 4 aromatic carbocycles. The van der Waals surface area contributed by atoms with Gasteiger partial charge in [-0.25, -0.2) is 24.9 Å². The van der Waals surface area contributed by atoms with Gasteiger partial charge in [0.2, 0.25) is 0 Å². The topological polar surface area (TPSA) is 234 Å². The van der Waals surface area contributed by atoms with E-state index in [1.807, 2.05) is 130 Å². The van der Waals surface area contributed by atoms with Crippen molar-refractivity contribution < 1.29 is 40.0 Å². The molecule has 17 nitrogen and oxygen atoms in total. The molecule has 0 saturated carbocycles. The Labute approximate surface area is 644 Å². The average molecular weight is 1550 g/mol. The number of nitrogens with one attached hydrogen (secondary N) is 6. The van der Waals surface area contributed by atoms with Crippen molar-refractivity contribution in [2.24, 2.45) is 0 Å². The molecule has 0 radical (unpaired) electrons. The number of alkyl halides is 3. The molecule has 0 aliphatic heterocycles. The minimum atomic E-state index is -4.37. The fourth-order valence-corrected chi connectivity index (χ4v) is 13.8. The van der Waals surface area contributed by atoms with Crippen molar-refractivity contribution >= 4 is 88.9 Å². The zero-order valence-corrected chi connectivity index (χ0v) is 61.7. The van der Waals surface area contributed by atoms with Gasteiger partial charge >= 0.3 is 6.18 Å². The lowest BCUT2D eigenvalue weighted by Crippen LogP contribution is -2.04. The van der Waals surface area contributed by atoms with Crippen molar-refractivity contribution in [3.8, 4) is 117 Å². The normalized spacial score (nSPS) is 11.3. The zero-order chi connectivity index (χ0) is 75.8. The first-order valence-corrected chi connectivity index (χ1v) is 37.0. The highest BCUT2D eigenvalue weighted by Gasteiger charge is 2.30. The Morgan fingerprint density at radius 3 is 1.15 bits per heavy atom. The Morgan fingerprint density at radius 2 is 0.793 bits per heavy atom. The molecule has 0 aliphatic rings. The second-order valence-electron chi connectivity index (χ2n) is 25.5. The summed E-state index contributed by atoms with van der Waals surface area (Å²) in [5.41, 5.74) is 24.8. The van der Waals surface area contributed by atoms with Crippen LogP contribution >= 0.6 is 27.7 Å². The highest BCUT2D eigenvalue weighted by Crippen LogP contribution is 2.40. The molecule has 0 unspecified atom stereocenters. The van der Waals surface area contributed by atoms with Gasteiger partial charge in [0.25, 0.3) is 0 Å². The van der Waals surface area contributed by atoms with Gasteiger partial charge in [0.15, 0.2) is 0 Å². The van der Waals surface area contributed by atoms with Crippen LogP contribution in [0.25, 0.3) is 173 Å². The number of furan rings is 5. The summed E-state index contributed by atoms with van der Waals surface area (Å²) in [6.07, 6.45) is 39.1. The number of aromatic amines is 6. The zero-order valence-electron chi connectivity index (χ0n) is 59.3. The van der Waals surface area contributed by atoms with Gasteiger partial charge in [0, 0.05) is 205 Å². The Balaban J connectivity index is 0.000000105. The van der Waals surface area contributed by atoms with Gasteiger partial charge in [0.05, 0.1) is 74.8 Å². The smallest absolute Gasteiger partial charge is 0.416 e. The first-order valence-electron chi connectivity index (χ1n) is 35.0. The van der Waals surface area contributed by atoms with E-state index in [9.17, 15) is 13.2 Å². The van der Waals surface area contributed by atoms with Crippen LogP contribution < -0.4 is 4.74 Å². The van der Waals surface area contributed by atoms with E-state index in [1.54, 1.807) is 92.9 Å². The Morgan fingerprint density at radius 1 is 0.405 bits per heavy atom. The first-order chi connectivity index (χ1) is 54.4. The van der Waals surface area contributed by atoms with Crippen molar-refractivity contribution in [2.45, 2.75) is 18.0 Å². The van der Waals surface area contributed by atoms with E-state index in [2.05, 4.69) is 162 Å². The largest absolute Gasteiger partial charge is 0.493 e. The summed E-state index contributed by atoms with van der Waals surface area (Å²) in [6, 6.07) is 50.2. The van der Waals surface area contributed by atoms with Crippen molar-refractivity contribution in [3.05, 3.63) is 317 Å². The van der Waals surface area contributed by atoms with E-state index in [0.29, 0.717) is 23.4 Å². The van der Waals surface area contributed by atoms with E-state index < -0.39 is 11.7 Å². The second kappa shape index (κ2) is 31.9. The lowest BCUT2D eigenvalue weighted by atomic mass is 10.0. The summed E-state index contributed by atoms with van der Waals surface area (Å²) in [7, 11) is 0. The molecule has 20 rings (SSSR count). The van der Waals surface area contributed by atoms with E-state index in [0.717, 1.165) is 172 Å². The molecule has 0 aliphatic carbocycles. The molecule has 20 aromatic rings. The van der Waals surface area contributed by atoms with Crippen LogP contribution in [0.4, 0.5) is 13.2 Å². The molecule has 0 saturated heterocycles. The fourth-order valence-electron chi connectivity index (χ4n) is 13.1. The summed E-state index contributed by atoms with van der Waals surface area (Å²) in [6.45, 7) is 6.38. The lowest BCUT2D eigenvalue weighted by Gasteiger charge is -2.11. The van der Waals surface area contributed by atoms with Crippen LogP contribution in [0, 0.1) is 0 Å². The van der Waals surface area contributed by atoms with Crippen LogP contribution in [0.5, 0.6) is 5.75 Å². The fraction of sp³-hybridized carbons (Fsp3) is 0.0449. The number of pyridine rings is 5. The van der Waals surface area contributed by atoms with Crippen LogP contribution in [-0.4, -0.2) is 67.7 Å². The number of aromatic nitrogens is 11. The maximum Gasteiger partial charge on any atom is 0.416 e. The minimum Gasteiger partial charge on any atom is -0.493 e. The number of hydrogen-bond donors (Lipinski definition) is 6. The van der Waals surface area contributed by atoms with E-state index in [4.69, 9.17) is 26.8 Å². The van der Waals surface area contributed by atoms with Crippen molar-refractivity contribution in [1.29, 1.82) is 0 Å². The van der Waals surface area contributed by atoms with E-state index >= 15 is 0 Å². The molecule has 0 fully saturated rings. The summed E-state index contributed by atoms with van der Waals surface area (Å²) in [4.78, 5) is 42.6. The standard InChI is InChI=1S/C19H15BrN2O2.C19H14N2O.C18H11F3N2O.C18H14N2OS.C15H11N3O/c1-2-24-18-4-3-14(20)8-15(18)13-7-16-17(12-5-6-23-11-12)10-22-19(16)21-9-13;1-2-13-3-5-14(6-4-13)16-9-17-18(15-7-8-22-12-15)11-21-19(17)20-10-16;19-18(20,21)14-3-1-2-11(6-14)13-7-15-16(12-4-5-24-10-12)9-23-17(15)22-8-13;1-22-15-4-2-12(3-5-15)14-8-16-17(13-6-7-21-11-13)10-20-18(16)19-9-14;1-3-16-6-10(1)12-5-13-14(11-2-4-19-9-11)8-18-15(13)17-7-12/h3-11H,2H2,1H3,(H,21,22);2-12H,1H2,(H,20,21);1-10H,(H,22,23);2-11H,1H3,(H,19,20);1-9,16H,(H,17,18). The average Bonchev–Trinajstić information content (AvgIpc) is 1.71. The molecule has 0 atom stereocenters. The van der Waals surface area contributed by atoms with Gasteiger partial charge in [-0.15, -0.1) is 11.8 Å². The Bertz CT molecular complexity index is 6480. The molecule has 0 amide bonds. The van der Waals surface area contributed by atoms with Gasteiger partial charge in [-0.1, -0.05) is 77.1 Å². The van der Waals surface area contributed by atoms with Gasteiger partial charge < -0.3 is 56.7 Å². The maximum absolute atomic E-state index is 12.9. The van der Waals surface area contributed by atoms with Gasteiger partial charge in [0.1, 0.15) is 34.0 Å². The van der Waals surface area contributed by atoms with Crippen LogP contribution in [0.2, 0.25) is 0 Å². The van der Waals surface area contributed by atoms with Crippen LogP contribution in [-0.2, 0) is 6.18 Å². The highest BCUT2D eigenvalue weighted by molar-refractivity contribution is 9.10. The second-order valence-corrected chi connectivity index (χ2v) is 27.3. The van der Waals surface area contributed by atoms with Crippen molar-refractivity contribution in [1.82, 2.24) is 54.8 Å². The molecule has 546 valence electrons. The number of fused-ring (bicyclic) bond motifs is 5. The number of benzene rings is 4. The third kappa shape index (κ3) is 15.6. The molecule has 16 aromatic heterocycles. The SMILES string of the molecule is C=Cc1ccc(-c2cnc3[nH]cc(-c4ccoc4)c3c2)cc1.CCOc1ccc(Br)cc1-c1cnc2[nH]cc(-c3ccoc3)c2c1.CSc1ccc(-c2cnc3[nH]cc(-c4ccoc4)c3c2)cc1.FC(F)(F)c1cccc(-c2cnc3[nH]cc(-c4ccoc4)c3c2)c1.c1cc(-c2cnc3[nH]cc(-c4ccoc4)c3c2)c[nH]1. The monoisotopic (exact) mass is 1550 g/mol. The van der Waals surface area contributed by atoms with Crippen LogP contribution in [0.1, 0.15) is 18.1 Å². The lowest BCUT2D eigenvalue weighted by molar-refractivity contribution is -0.137. The predicted octanol–water partition coefficient (Wildman–Crippen LogP) is 25.3. The third-order valence-corrected chi connectivity index (χ3v) is 20.0. The van der Waals surface area contributed by atoms with Crippen molar-refractivity contribution in [3.63, 3.8) is 0 Å².